The summed E-state index contributed by atoms with van der Waals surface area (Å²) in [6, 6.07) is 6.17. The molecule has 0 aromatic carbocycles. The minimum absolute atomic E-state index is 0.272. The smallest absolute Gasteiger partial charge is 0.225 e. The Labute approximate surface area is 148 Å². The molecule has 3 rings (SSSR count). The van der Waals surface area contributed by atoms with E-state index < -0.39 is 0 Å². The Hall–Kier alpha value is -2.25. The zero-order chi connectivity index (χ0) is 17.5. The van der Waals surface area contributed by atoms with Crippen molar-refractivity contribution in [1.82, 2.24) is 19.9 Å². The minimum Gasteiger partial charge on any atom is -0.379 e. The number of rotatable bonds is 7. The average molecular weight is 342 g/mol. The van der Waals surface area contributed by atoms with Crippen LogP contribution >= 0.6 is 0 Å². The average Bonchev–Trinajstić information content (AvgIpc) is 2.63. The van der Waals surface area contributed by atoms with Gasteiger partial charge >= 0.3 is 0 Å². The van der Waals surface area contributed by atoms with Gasteiger partial charge in [-0.05, 0) is 26.0 Å². The van der Waals surface area contributed by atoms with Crippen molar-refractivity contribution in [2.45, 2.75) is 19.9 Å². The van der Waals surface area contributed by atoms with Crippen LogP contribution in [0.25, 0.3) is 11.3 Å². The summed E-state index contributed by atoms with van der Waals surface area (Å²) in [5, 5.41) is 6.72. The van der Waals surface area contributed by atoms with Gasteiger partial charge in [-0.3, -0.25) is 9.88 Å². The predicted octanol–water partition coefficient (Wildman–Crippen LogP) is 2.10. The highest BCUT2D eigenvalue weighted by atomic mass is 16.5. The number of anilines is 2. The number of nitrogens with zero attached hydrogens (tertiary/aromatic N) is 4. The minimum atomic E-state index is 0.272. The summed E-state index contributed by atoms with van der Waals surface area (Å²) in [6.45, 7) is 9.60. The fourth-order valence-electron chi connectivity index (χ4n) is 2.70. The molecule has 0 radical (unpaired) electrons. The molecule has 0 bridgehead atoms. The number of pyridine rings is 1. The van der Waals surface area contributed by atoms with Gasteiger partial charge in [-0.1, -0.05) is 0 Å². The summed E-state index contributed by atoms with van der Waals surface area (Å²) in [5.74, 6) is 1.47. The van der Waals surface area contributed by atoms with Crippen molar-refractivity contribution in [3.63, 3.8) is 0 Å². The molecular formula is C18H26N6O. The SMILES string of the molecule is CC(C)Nc1nc(NCCN2CCOCC2)cc(-c2ccncc2)n1. The van der Waals surface area contributed by atoms with E-state index in [-0.39, 0.29) is 6.04 Å². The predicted molar refractivity (Wildman–Crippen MR) is 99.8 cm³/mol. The van der Waals surface area contributed by atoms with Gasteiger partial charge in [-0.15, -0.1) is 0 Å². The van der Waals surface area contributed by atoms with E-state index in [0.29, 0.717) is 5.95 Å². The van der Waals surface area contributed by atoms with Crippen LogP contribution in [0, 0.1) is 0 Å². The standard InChI is InChI=1S/C18H26N6O/c1-14(2)21-18-22-16(15-3-5-19-6-4-15)13-17(23-18)20-7-8-24-9-11-25-12-10-24/h3-6,13-14H,7-12H2,1-2H3,(H2,20,21,22,23). The first-order valence-electron chi connectivity index (χ1n) is 8.81. The van der Waals surface area contributed by atoms with Crippen molar-refractivity contribution < 1.29 is 4.74 Å². The molecule has 134 valence electrons. The molecule has 1 saturated heterocycles. The molecule has 7 heteroatoms. The highest BCUT2D eigenvalue weighted by Gasteiger charge is 2.11. The van der Waals surface area contributed by atoms with E-state index in [4.69, 9.17) is 4.74 Å². The maximum absolute atomic E-state index is 5.39. The number of nitrogens with one attached hydrogen (secondary N) is 2. The van der Waals surface area contributed by atoms with Gasteiger partial charge in [0.1, 0.15) is 5.82 Å². The lowest BCUT2D eigenvalue weighted by atomic mass is 10.2. The molecule has 2 aromatic rings. The molecule has 25 heavy (non-hydrogen) atoms. The molecule has 0 amide bonds. The molecule has 1 aliphatic heterocycles. The third-order valence-electron chi connectivity index (χ3n) is 3.96. The van der Waals surface area contributed by atoms with Gasteiger partial charge in [-0.2, -0.15) is 4.98 Å². The van der Waals surface area contributed by atoms with Crippen LogP contribution in [0.1, 0.15) is 13.8 Å². The van der Waals surface area contributed by atoms with E-state index in [9.17, 15) is 0 Å². The Kier molecular flexibility index (Phi) is 6.14. The zero-order valence-corrected chi connectivity index (χ0v) is 14.9. The molecule has 0 spiro atoms. The van der Waals surface area contributed by atoms with E-state index in [0.717, 1.165) is 56.5 Å². The Morgan fingerprint density at radius 1 is 1.16 bits per heavy atom. The summed E-state index contributed by atoms with van der Waals surface area (Å²) in [4.78, 5) is 15.7. The lowest BCUT2D eigenvalue weighted by molar-refractivity contribution is 0.0398. The largest absolute Gasteiger partial charge is 0.379 e. The Bertz CT molecular complexity index is 658. The van der Waals surface area contributed by atoms with Crippen LogP contribution in [0.5, 0.6) is 0 Å². The second-order valence-corrected chi connectivity index (χ2v) is 6.38. The molecule has 0 atom stereocenters. The fraction of sp³-hybridized carbons (Fsp3) is 0.500. The van der Waals surface area contributed by atoms with Gasteiger partial charge < -0.3 is 15.4 Å². The van der Waals surface area contributed by atoms with Crippen molar-refractivity contribution >= 4 is 11.8 Å². The molecule has 2 aromatic heterocycles. The number of hydrogen-bond donors (Lipinski definition) is 2. The van der Waals surface area contributed by atoms with Crippen LogP contribution in [0.3, 0.4) is 0 Å². The van der Waals surface area contributed by atoms with Gasteiger partial charge in [0.25, 0.3) is 0 Å². The quantitative estimate of drug-likeness (QED) is 0.798. The normalized spacial score (nSPS) is 15.3. The molecule has 0 unspecified atom stereocenters. The van der Waals surface area contributed by atoms with Crippen LogP contribution in [-0.2, 0) is 4.74 Å². The topological polar surface area (TPSA) is 75.2 Å². The first kappa shape index (κ1) is 17.6. The first-order valence-corrected chi connectivity index (χ1v) is 8.81. The number of morpholine rings is 1. The highest BCUT2D eigenvalue weighted by molar-refractivity contribution is 5.63. The van der Waals surface area contributed by atoms with Crippen molar-refractivity contribution in [3.8, 4) is 11.3 Å². The third kappa shape index (κ3) is 5.37. The summed E-state index contributed by atoms with van der Waals surface area (Å²) in [6.07, 6.45) is 3.55. The monoisotopic (exact) mass is 342 g/mol. The van der Waals surface area contributed by atoms with Gasteiger partial charge in [0.15, 0.2) is 0 Å². The maximum Gasteiger partial charge on any atom is 0.225 e. The molecular weight excluding hydrogens is 316 g/mol. The van der Waals surface area contributed by atoms with Crippen molar-refractivity contribution in [2.24, 2.45) is 0 Å². The van der Waals surface area contributed by atoms with Crippen LogP contribution in [0.4, 0.5) is 11.8 Å². The summed E-state index contributed by atoms with van der Waals surface area (Å²) >= 11 is 0. The zero-order valence-electron chi connectivity index (χ0n) is 14.9. The van der Waals surface area contributed by atoms with E-state index in [1.165, 1.54) is 0 Å². The van der Waals surface area contributed by atoms with Crippen molar-refractivity contribution in [3.05, 3.63) is 30.6 Å². The lowest BCUT2D eigenvalue weighted by Gasteiger charge is -2.26. The molecule has 1 fully saturated rings. The molecule has 1 aliphatic rings. The molecule has 2 N–H and O–H groups in total. The molecule has 0 saturated carbocycles. The van der Waals surface area contributed by atoms with E-state index in [1.54, 1.807) is 12.4 Å². The first-order chi connectivity index (χ1) is 12.2. The molecule has 3 heterocycles. The molecule has 7 nitrogen and oxygen atoms in total. The van der Waals surface area contributed by atoms with E-state index in [2.05, 4.69) is 44.3 Å². The van der Waals surface area contributed by atoms with E-state index >= 15 is 0 Å². The molecule has 0 aliphatic carbocycles. The summed E-state index contributed by atoms with van der Waals surface area (Å²) in [7, 11) is 0. The Morgan fingerprint density at radius 2 is 1.92 bits per heavy atom. The maximum atomic E-state index is 5.39. The lowest BCUT2D eigenvalue weighted by Crippen LogP contribution is -2.39. The van der Waals surface area contributed by atoms with Crippen LogP contribution in [-0.4, -0.2) is 65.3 Å². The Balaban J connectivity index is 1.70. The third-order valence-corrected chi connectivity index (χ3v) is 3.96. The van der Waals surface area contributed by atoms with Crippen LogP contribution < -0.4 is 10.6 Å². The van der Waals surface area contributed by atoms with Gasteiger partial charge in [0.05, 0.1) is 18.9 Å². The number of ether oxygens (including phenoxy) is 1. The van der Waals surface area contributed by atoms with Crippen LogP contribution in [0.2, 0.25) is 0 Å². The van der Waals surface area contributed by atoms with Crippen LogP contribution in [0.15, 0.2) is 30.6 Å². The van der Waals surface area contributed by atoms with Gasteiger partial charge in [0, 0.05) is 56.2 Å². The van der Waals surface area contributed by atoms with Crippen molar-refractivity contribution in [1.29, 1.82) is 0 Å². The fourth-order valence-corrected chi connectivity index (χ4v) is 2.70. The van der Waals surface area contributed by atoms with E-state index in [1.807, 2.05) is 18.2 Å². The van der Waals surface area contributed by atoms with Crippen molar-refractivity contribution in [2.75, 3.05) is 50.0 Å². The highest BCUT2D eigenvalue weighted by Crippen LogP contribution is 2.21. The number of aromatic nitrogens is 3. The number of hydrogen-bond acceptors (Lipinski definition) is 7. The second kappa shape index (κ2) is 8.73. The summed E-state index contributed by atoms with van der Waals surface area (Å²) < 4.78 is 5.39. The van der Waals surface area contributed by atoms with Gasteiger partial charge in [-0.25, -0.2) is 4.98 Å². The second-order valence-electron chi connectivity index (χ2n) is 6.38. The summed E-state index contributed by atoms with van der Waals surface area (Å²) in [5.41, 5.74) is 1.91. The Morgan fingerprint density at radius 3 is 2.64 bits per heavy atom. The van der Waals surface area contributed by atoms with Gasteiger partial charge in [0.2, 0.25) is 5.95 Å².